The lowest BCUT2D eigenvalue weighted by molar-refractivity contribution is 0.405. The number of hydrogen-bond acceptors (Lipinski definition) is 3. The maximum Gasteiger partial charge on any atom is 0.194 e. The number of methoxy groups -OCH3 is 1. The molecule has 0 aromatic heterocycles. The molecule has 21 heavy (non-hydrogen) atoms. The average molecular weight is 296 g/mol. The lowest BCUT2D eigenvalue weighted by Crippen LogP contribution is -2.30. The van der Waals surface area contributed by atoms with E-state index in [1.807, 2.05) is 18.2 Å². The highest BCUT2D eigenvalue weighted by molar-refractivity contribution is 5.35. The van der Waals surface area contributed by atoms with Crippen molar-refractivity contribution in [3.05, 3.63) is 65.0 Å². The maximum atomic E-state index is 13.3. The summed E-state index contributed by atoms with van der Waals surface area (Å²) in [6.07, 6.45) is 0.338. The second-order valence-electron chi connectivity index (χ2n) is 4.53. The van der Waals surface area contributed by atoms with E-state index in [9.17, 15) is 13.2 Å². The highest BCUT2D eigenvalue weighted by Gasteiger charge is 2.18. The molecule has 2 aromatic carbocycles. The lowest BCUT2D eigenvalue weighted by atomic mass is 9.98. The van der Waals surface area contributed by atoms with Crippen LogP contribution in [0.3, 0.4) is 0 Å². The minimum Gasteiger partial charge on any atom is -0.496 e. The molecule has 3 nitrogen and oxygen atoms in total. The van der Waals surface area contributed by atoms with E-state index in [0.717, 1.165) is 17.7 Å². The van der Waals surface area contributed by atoms with Crippen LogP contribution in [0.2, 0.25) is 0 Å². The predicted octanol–water partition coefficient (Wildman–Crippen LogP) is 2.86. The van der Waals surface area contributed by atoms with Crippen LogP contribution >= 0.6 is 0 Å². The minimum absolute atomic E-state index is 0.222. The number of nitrogens with two attached hydrogens (primary N) is 1. The Kier molecular flexibility index (Phi) is 4.82. The van der Waals surface area contributed by atoms with Gasteiger partial charge in [0.25, 0.3) is 0 Å². The van der Waals surface area contributed by atoms with Crippen LogP contribution < -0.4 is 16.0 Å². The van der Waals surface area contributed by atoms with Crippen molar-refractivity contribution in [2.24, 2.45) is 5.84 Å². The van der Waals surface area contributed by atoms with Gasteiger partial charge in [0.05, 0.1) is 13.2 Å². The third-order valence-electron chi connectivity index (χ3n) is 3.23. The van der Waals surface area contributed by atoms with Gasteiger partial charge in [0, 0.05) is 0 Å². The van der Waals surface area contributed by atoms with Crippen molar-refractivity contribution in [2.75, 3.05) is 7.11 Å². The van der Waals surface area contributed by atoms with Crippen LogP contribution in [0.1, 0.15) is 17.2 Å². The van der Waals surface area contributed by atoms with Gasteiger partial charge in [-0.25, -0.2) is 13.2 Å². The van der Waals surface area contributed by atoms with Gasteiger partial charge in [0.2, 0.25) is 0 Å². The SMILES string of the molecule is COc1ccccc1CC(NN)c1cc(F)c(F)c(F)c1. The molecule has 1 unspecified atom stereocenters. The molecule has 0 saturated carbocycles. The smallest absolute Gasteiger partial charge is 0.194 e. The molecule has 1 atom stereocenters. The first kappa shape index (κ1) is 15.3. The van der Waals surface area contributed by atoms with Gasteiger partial charge in [-0.3, -0.25) is 11.3 Å². The summed E-state index contributed by atoms with van der Waals surface area (Å²) in [5, 5.41) is 0. The van der Waals surface area contributed by atoms with Crippen molar-refractivity contribution in [1.29, 1.82) is 0 Å². The molecular formula is C15H15F3N2O. The highest BCUT2D eigenvalue weighted by Crippen LogP contribution is 2.26. The fourth-order valence-electron chi connectivity index (χ4n) is 2.14. The predicted molar refractivity (Wildman–Crippen MR) is 73.1 cm³/mol. The normalized spacial score (nSPS) is 12.2. The largest absolute Gasteiger partial charge is 0.496 e. The molecule has 0 aliphatic rings. The van der Waals surface area contributed by atoms with Crippen LogP contribution in [0.5, 0.6) is 5.75 Å². The van der Waals surface area contributed by atoms with Gasteiger partial charge in [-0.1, -0.05) is 18.2 Å². The molecule has 112 valence electrons. The summed E-state index contributed by atoms with van der Waals surface area (Å²) < 4.78 is 44.8. The molecule has 0 aliphatic carbocycles. The van der Waals surface area contributed by atoms with Crippen LogP contribution in [0.25, 0.3) is 0 Å². The van der Waals surface area contributed by atoms with Crippen molar-refractivity contribution in [1.82, 2.24) is 5.43 Å². The summed E-state index contributed by atoms with van der Waals surface area (Å²) in [5.41, 5.74) is 3.52. The van der Waals surface area contributed by atoms with Crippen LogP contribution in [0, 0.1) is 17.5 Å². The molecule has 2 rings (SSSR count). The maximum absolute atomic E-state index is 13.3. The Morgan fingerprint density at radius 2 is 1.76 bits per heavy atom. The van der Waals surface area contributed by atoms with Crippen molar-refractivity contribution >= 4 is 0 Å². The van der Waals surface area contributed by atoms with E-state index in [2.05, 4.69) is 5.43 Å². The van der Waals surface area contributed by atoms with Crippen molar-refractivity contribution in [2.45, 2.75) is 12.5 Å². The van der Waals surface area contributed by atoms with Gasteiger partial charge in [-0.2, -0.15) is 0 Å². The van der Waals surface area contributed by atoms with E-state index < -0.39 is 23.5 Å². The summed E-state index contributed by atoms with van der Waals surface area (Å²) in [6, 6.07) is 8.50. The molecule has 0 heterocycles. The monoisotopic (exact) mass is 296 g/mol. The van der Waals surface area contributed by atoms with Crippen molar-refractivity contribution in [3.63, 3.8) is 0 Å². The second-order valence-corrected chi connectivity index (χ2v) is 4.53. The first-order valence-electron chi connectivity index (χ1n) is 6.29. The van der Waals surface area contributed by atoms with Gasteiger partial charge < -0.3 is 4.74 Å². The van der Waals surface area contributed by atoms with Crippen LogP contribution in [-0.4, -0.2) is 7.11 Å². The zero-order valence-corrected chi connectivity index (χ0v) is 11.4. The van der Waals surface area contributed by atoms with Crippen molar-refractivity contribution < 1.29 is 17.9 Å². The highest BCUT2D eigenvalue weighted by atomic mass is 19.2. The Bertz CT molecular complexity index is 611. The van der Waals surface area contributed by atoms with Gasteiger partial charge in [-0.05, 0) is 35.7 Å². The molecule has 2 aromatic rings. The van der Waals surface area contributed by atoms with Gasteiger partial charge in [0.15, 0.2) is 17.5 Å². The molecule has 0 fully saturated rings. The van der Waals surface area contributed by atoms with E-state index in [1.165, 1.54) is 7.11 Å². The molecule has 0 radical (unpaired) electrons. The summed E-state index contributed by atoms with van der Waals surface area (Å²) >= 11 is 0. The van der Waals surface area contributed by atoms with E-state index in [0.29, 0.717) is 12.2 Å². The number of nitrogens with one attached hydrogen (secondary N) is 1. The number of hydrogen-bond donors (Lipinski definition) is 2. The fourth-order valence-corrected chi connectivity index (χ4v) is 2.14. The molecule has 6 heteroatoms. The number of hydrazine groups is 1. The number of ether oxygens (including phenoxy) is 1. The third-order valence-corrected chi connectivity index (χ3v) is 3.23. The van der Waals surface area contributed by atoms with E-state index in [4.69, 9.17) is 10.6 Å². The molecule has 0 bridgehead atoms. The summed E-state index contributed by atoms with van der Waals surface area (Å²) in [7, 11) is 1.53. The van der Waals surface area contributed by atoms with E-state index in [1.54, 1.807) is 6.07 Å². The Hall–Kier alpha value is -2.05. The Labute approximate surface area is 120 Å². The van der Waals surface area contributed by atoms with Crippen LogP contribution in [-0.2, 0) is 6.42 Å². The molecule has 0 aliphatic heterocycles. The van der Waals surface area contributed by atoms with Crippen LogP contribution in [0.15, 0.2) is 36.4 Å². The number of para-hydroxylation sites is 1. The van der Waals surface area contributed by atoms with E-state index in [-0.39, 0.29) is 5.56 Å². The summed E-state index contributed by atoms with van der Waals surface area (Å²) in [6.45, 7) is 0. The van der Waals surface area contributed by atoms with Crippen LogP contribution in [0.4, 0.5) is 13.2 Å². The minimum atomic E-state index is -1.49. The number of benzene rings is 2. The summed E-state index contributed by atoms with van der Waals surface area (Å²) in [4.78, 5) is 0. The third kappa shape index (κ3) is 3.34. The zero-order valence-electron chi connectivity index (χ0n) is 11.4. The molecule has 3 N–H and O–H groups in total. The standard InChI is InChI=1S/C15H15F3N2O/c1-21-14-5-3-2-4-9(14)8-13(20-19)10-6-11(16)15(18)12(17)7-10/h2-7,13,20H,8,19H2,1H3. The quantitative estimate of drug-likeness (QED) is 0.507. The lowest BCUT2D eigenvalue weighted by Gasteiger charge is -2.18. The van der Waals surface area contributed by atoms with Gasteiger partial charge >= 0.3 is 0 Å². The Morgan fingerprint density at radius 1 is 1.14 bits per heavy atom. The Morgan fingerprint density at radius 3 is 2.33 bits per heavy atom. The number of halogens is 3. The molecule has 0 amide bonds. The molecular weight excluding hydrogens is 281 g/mol. The summed E-state index contributed by atoms with van der Waals surface area (Å²) in [5.74, 6) is 2.11. The van der Waals surface area contributed by atoms with Gasteiger partial charge in [-0.15, -0.1) is 0 Å². The topological polar surface area (TPSA) is 47.3 Å². The van der Waals surface area contributed by atoms with Crippen molar-refractivity contribution in [3.8, 4) is 5.75 Å². The zero-order chi connectivity index (χ0) is 15.4. The second kappa shape index (κ2) is 6.60. The number of rotatable bonds is 5. The average Bonchev–Trinajstić information content (AvgIpc) is 2.50. The van der Waals surface area contributed by atoms with E-state index >= 15 is 0 Å². The Balaban J connectivity index is 2.32. The fraction of sp³-hybridized carbons (Fsp3) is 0.200. The molecule has 0 spiro atoms. The van der Waals surface area contributed by atoms with Gasteiger partial charge in [0.1, 0.15) is 5.75 Å². The first-order chi connectivity index (χ1) is 10.1. The first-order valence-corrected chi connectivity index (χ1v) is 6.29. The molecule has 0 saturated heterocycles.